The first-order valence-electron chi connectivity index (χ1n) is 10.8. The zero-order valence-electron chi connectivity index (χ0n) is 18.6. The van der Waals surface area contributed by atoms with Gasteiger partial charge in [0.05, 0.1) is 36.1 Å². The van der Waals surface area contributed by atoms with E-state index in [1.54, 1.807) is 22.0 Å². The Morgan fingerprint density at radius 1 is 1.34 bits per heavy atom. The number of hydrogen-bond donors (Lipinski definition) is 1. The maximum Gasteiger partial charge on any atom is 0.237 e. The molecule has 0 aliphatic carbocycles. The number of pyridine rings is 1. The van der Waals surface area contributed by atoms with E-state index in [4.69, 9.17) is 0 Å². The third-order valence-corrected chi connectivity index (χ3v) is 7.20. The highest BCUT2D eigenvalue weighted by Crippen LogP contribution is 2.35. The average Bonchev–Trinajstić information content (AvgIpc) is 3.58. The molecule has 4 aromatic rings. The number of halogens is 2. The van der Waals surface area contributed by atoms with Gasteiger partial charge in [-0.25, -0.2) is 27.8 Å². The zero-order chi connectivity index (χ0) is 24.7. The van der Waals surface area contributed by atoms with Gasteiger partial charge in [0.15, 0.2) is 20.7 Å². The number of anilines is 1. The number of nitrogens with zero attached hydrogens (tertiary/aromatic N) is 7. The Morgan fingerprint density at radius 3 is 2.94 bits per heavy atom. The SMILES string of the molecule is CS(=O)(=O)c1nc(F)c(N2CCC(C(CC#N)n3cc(-c4ncnc5[nH]ccc45)cn3)C2)cc1F. The number of hydrogen-bond acceptors (Lipinski definition) is 8. The van der Waals surface area contributed by atoms with Gasteiger partial charge in [0, 0.05) is 54.7 Å². The van der Waals surface area contributed by atoms with Crippen LogP contribution in [0.3, 0.4) is 0 Å². The molecular weight excluding hydrogens is 478 g/mol. The third kappa shape index (κ3) is 4.21. The second kappa shape index (κ2) is 8.70. The van der Waals surface area contributed by atoms with Crippen molar-refractivity contribution < 1.29 is 17.2 Å². The van der Waals surface area contributed by atoms with Crippen LogP contribution in [-0.4, -0.2) is 57.5 Å². The Morgan fingerprint density at radius 2 is 2.17 bits per heavy atom. The molecule has 4 aromatic heterocycles. The van der Waals surface area contributed by atoms with Crippen molar-refractivity contribution in [2.45, 2.75) is 23.9 Å². The van der Waals surface area contributed by atoms with Crippen LogP contribution in [0.2, 0.25) is 0 Å². The number of nitriles is 1. The van der Waals surface area contributed by atoms with Crippen LogP contribution in [0.15, 0.2) is 42.1 Å². The van der Waals surface area contributed by atoms with Gasteiger partial charge in [-0.1, -0.05) is 0 Å². The molecule has 0 aromatic carbocycles. The summed E-state index contributed by atoms with van der Waals surface area (Å²) in [7, 11) is -4.00. The number of nitrogens with one attached hydrogen (secondary N) is 1. The lowest BCUT2D eigenvalue weighted by Gasteiger charge is -2.23. The quantitative estimate of drug-likeness (QED) is 0.401. The van der Waals surface area contributed by atoms with E-state index in [0.717, 1.165) is 23.3 Å². The minimum Gasteiger partial charge on any atom is -0.367 e. The number of sulfone groups is 1. The number of aromatic nitrogens is 6. The van der Waals surface area contributed by atoms with Gasteiger partial charge >= 0.3 is 0 Å². The maximum absolute atomic E-state index is 14.6. The second-order valence-electron chi connectivity index (χ2n) is 8.45. The molecule has 5 rings (SSSR count). The molecular formula is C22H20F2N8O2S. The summed E-state index contributed by atoms with van der Waals surface area (Å²) in [4.78, 5) is 16.6. The molecule has 2 atom stereocenters. The number of fused-ring (bicyclic) bond motifs is 1. The van der Waals surface area contributed by atoms with Crippen LogP contribution in [0, 0.1) is 29.0 Å². The number of rotatable bonds is 6. The lowest BCUT2D eigenvalue weighted by molar-refractivity contribution is 0.331. The van der Waals surface area contributed by atoms with Crippen molar-refractivity contribution in [1.29, 1.82) is 5.26 Å². The molecule has 10 nitrogen and oxygen atoms in total. The molecule has 180 valence electrons. The summed E-state index contributed by atoms with van der Waals surface area (Å²) >= 11 is 0. The van der Waals surface area contributed by atoms with Gasteiger partial charge in [-0.05, 0) is 12.5 Å². The van der Waals surface area contributed by atoms with E-state index in [2.05, 4.69) is 31.1 Å². The summed E-state index contributed by atoms with van der Waals surface area (Å²) in [6, 6.07) is 4.63. The smallest absolute Gasteiger partial charge is 0.237 e. The molecule has 1 fully saturated rings. The highest BCUT2D eigenvalue weighted by atomic mass is 32.2. The molecule has 1 N–H and O–H groups in total. The Kier molecular flexibility index (Phi) is 5.68. The minimum atomic E-state index is -4.00. The normalized spacial score (nSPS) is 17.1. The lowest BCUT2D eigenvalue weighted by atomic mass is 9.96. The van der Waals surface area contributed by atoms with E-state index in [1.807, 2.05) is 12.3 Å². The fourth-order valence-corrected chi connectivity index (χ4v) is 5.22. The van der Waals surface area contributed by atoms with Crippen molar-refractivity contribution in [3.8, 4) is 17.3 Å². The predicted molar refractivity (Wildman–Crippen MR) is 122 cm³/mol. The van der Waals surface area contributed by atoms with Crippen LogP contribution in [0.25, 0.3) is 22.3 Å². The van der Waals surface area contributed by atoms with E-state index < -0.39 is 26.6 Å². The minimum absolute atomic E-state index is 0.0860. The first-order chi connectivity index (χ1) is 16.8. The van der Waals surface area contributed by atoms with Crippen LogP contribution < -0.4 is 4.90 Å². The number of H-pyrrole nitrogens is 1. The Hall–Kier alpha value is -3.92. The molecule has 13 heteroatoms. The van der Waals surface area contributed by atoms with Gasteiger partial charge in [0.25, 0.3) is 0 Å². The Balaban J connectivity index is 1.41. The molecule has 35 heavy (non-hydrogen) atoms. The summed E-state index contributed by atoms with van der Waals surface area (Å²) in [6.45, 7) is 0.722. The molecule has 1 aliphatic heterocycles. The van der Waals surface area contributed by atoms with Gasteiger partial charge in [-0.15, -0.1) is 0 Å². The van der Waals surface area contributed by atoms with Crippen molar-refractivity contribution in [3.05, 3.63) is 48.8 Å². The lowest BCUT2D eigenvalue weighted by Crippen LogP contribution is -2.26. The molecule has 0 spiro atoms. The maximum atomic E-state index is 14.6. The number of aromatic amines is 1. The second-order valence-corrected chi connectivity index (χ2v) is 10.4. The van der Waals surface area contributed by atoms with E-state index in [-0.39, 0.29) is 24.1 Å². The summed E-state index contributed by atoms with van der Waals surface area (Å²) in [6.07, 6.45) is 8.28. The predicted octanol–water partition coefficient (Wildman–Crippen LogP) is 2.88. The van der Waals surface area contributed by atoms with E-state index in [0.29, 0.717) is 30.9 Å². The fourth-order valence-electron chi connectivity index (χ4n) is 4.56. The molecule has 0 amide bonds. The standard InChI is InChI=1S/C22H20F2N8O2S/c1-35(33,34)22-16(23)8-18(20(24)30-22)31-7-4-13(10-31)17(2-5-25)32-11-14(9-29-32)19-15-3-6-26-21(15)28-12-27-19/h3,6,8-9,11-13,17H,2,4,7,10H2,1H3,(H,26,27,28). The van der Waals surface area contributed by atoms with Gasteiger partial charge in [0.2, 0.25) is 5.95 Å². The van der Waals surface area contributed by atoms with Crippen LogP contribution in [-0.2, 0) is 9.84 Å². The monoisotopic (exact) mass is 498 g/mol. The van der Waals surface area contributed by atoms with E-state index in [1.165, 1.54) is 6.33 Å². The van der Waals surface area contributed by atoms with Crippen molar-refractivity contribution in [2.75, 3.05) is 24.2 Å². The highest BCUT2D eigenvalue weighted by molar-refractivity contribution is 7.90. The van der Waals surface area contributed by atoms with Crippen LogP contribution in [0.4, 0.5) is 14.5 Å². The third-order valence-electron chi connectivity index (χ3n) is 6.21. The fraction of sp³-hybridized carbons (Fsp3) is 0.318. The van der Waals surface area contributed by atoms with Crippen molar-refractivity contribution in [1.82, 2.24) is 29.7 Å². The van der Waals surface area contributed by atoms with Crippen molar-refractivity contribution in [2.24, 2.45) is 5.92 Å². The molecule has 1 saturated heterocycles. The van der Waals surface area contributed by atoms with Crippen LogP contribution in [0.5, 0.6) is 0 Å². The van der Waals surface area contributed by atoms with E-state index in [9.17, 15) is 22.5 Å². The Bertz CT molecular complexity index is 1560. The molecule has 0 radical (unpaired) electrons. The molecule has 0 bridgehead atoms. The van der Waals surface area contributed by atoms with Crippen LogP contribution >= 0.6 is 0 Å². The van der Waals surface area contributed by atoms with Crippen molar-refractivity contribution in [3.63, 3.8) is 0 Å². The molecule has 5 heterocycles. The highest BCUT2D eigenvalue weighted by Gasteiger charge is 2.33. The van der Waals surface area contributed by atoms with Gasteiger partial charge in [0.1, 0.15) is 12.0 Å². The van der Waals surface area contributed by atoms with Gasteiger partial charge in [-0.3, -0.25) is 4.68 Å². The van der Waals surface area contributed by atoms with E-state index >= 15 is 0 Å². The first kappa shape index (κ1) is 22.9. The summed E-state index contributed by atoms with van der Waals surface area (Å²) in [5.74, 6) is -2.24. The largest absolute Gasteiger partial charge is 0.367 e. The topological polar surface area (TPSA) is 133 Å². The first-order valence-corrected chi connectivity index (χ1v) is 12.7. The Labute approximate surface area is 199 Å². The zero-order valence-corrected chi connectivity index (χ0v) is 19.4. The molecule has 0 saturated carbocycles. The summed E-state index contributed by atoms with van der Waals surface area (Å²) < 4.78 is 54.0. The van der Waals surface area contributed by atoms with Crippen molar-refractivity contribution >= 4 is 26.6 Å². The average molecular weight is 499 g/mol. The van der Waals surface area contributed by atoms with Gasteiger partial charge < -0.3 is 9.88 Å². The van der Waals surface area contributed by atoms with Gasteiger partial charge in [-0.2, -0.15) is 14.8 Å². The summed E-state index contributed by atoms with van der Waals surface area (Å²) in [5.41, 5.74) is 2.07. The molecule has 2 unspecified atom stereocenters. The molecule has 1 aliphatic rings. The summed E-state index contributed by atoms with van der Waals surface area (Å²) in [5, 5.41) is 13.9. The van der Waals surface area contributed by atoms with Crippen LogP contribution in [0.1, 0.15) is 18.9 Å².